The van der Waals surface area contributed by atoms with Crippen molar-refractivity contribution >= 4 is 27.5 Å². The molecule has 0 saturated carbocycles. The van der Waals surface area contributed by atoms with Gasteiger partial charge in [-0.1, -0.05) is 12.1 Å². The maximum Gasteiger partial charge on any atom is 0.338 e. The standard InChI is InChI=1S/C20H21NO6S/c1-13-9-16-10-15(7-8-18(16)21(13)28(3,24)25)20(23)27-12-19(22)14-5-4-6-17(11-14)26-2/h4-8,10-11,13H,9,12H2,1-3H3/t13-/m1/s1. The van der Waals surface area contributed by atoms with E-state index >= 15 is 0 Å². The van der Waals surface area contributed by atoms with Gasteiger partial charge >= 0.3 is 5.97 Å². The Morgan fingerprint density at radius 2 is 1.89 bits per heavy atom. The Hall–Kier alpha value is -2.87. The number of esters is 1. The highest BCUT2D eigenvalue weighted by Gasteiger charge is 2.33. The van der Waals surface area contributed by atoms with E-state index in [-0.39, 0.29) is 17.4 Å². The van der Waals surface area contributed by atoms with Crippen LogP contribution in [0.5, 0.6) is 5.75 Å². The number of hydrogen-bond donors (Lipinski definition) is 0. The number of Topliss-reactive ketones (excluding diaryl/α,β-unsaturated/α-hetero) is 1. The summed E-state index contributed by atoms with van der Waals surface area (Å²) in [5, 5.41) is 0. The second kappa shape index (κ2) is 7.63. The fourth-order valence-corrected chi connectivity index (χ4v) is 4.59. The van der Waals surface area contributed by atoms with Crippen LogP contribution in [0.25, 0.3) is 0 Å². The Balaban J connectivity index is 1.71. The number of carbonyl (C=O) groups is 2. The molecule has 28 heavy (non-hydrogen) atoms. The highest BCUT2D eigenvalue weighted by molar-refractivity contribution is 7.92. The molecule has 0 spiro atoms. The molecule has 0 aromatic heterocycles. The molecule has 0 fully saturated rings. The van der Waals surface area contributed by atoms with E-state index in [1.54, 1.807) is 36.4 Å². The van der Waals surface area contributed by atoms with Crippen molar-refractivity contribution in [2.45, 2.75) is 19.4 Å². The molecule has 8 heteroatoms. The minimum Gasteiger partial charge on any atom is -0.497 e. The van der Waals surface area contributed by atoms with Gasteiger partial charge in [0.25, 0.3) is 0 Å². The van der Waals surface area contributed by atoms with Gasteiger partial charge in [0.1, 0.15) is 5.75 Å². The normalized spacial score (nSPS) is 15.8. The largest absolute Gasteiger partial charge is 0.497 e. The van der Waals surface area contributed by atoms with Gasteiger partial charge < -0.3 is 9.47 Å². The Morgan fingerprint density at radius 1 is 1.14 bits per heavy atom. The molecule has 1 aliphatic rings. The number of ether oxygens (including phenoxy) is 2. The molecule has 0 aliphatic carbocycles. The highest BCUT2D eigenvalue weighted by Crippen LogP contribution is 2.34. The molecule has 1 aliphatic heterocycles. The first-order valence-electron chi connectivity index (χ1n) is 8.67. The van der Waals surface area contributed by atoms with Gasteiger partial charge in [-0.05, 0) is 49.2 Å². The number of anilines is 1. The molecule has 0 radical (unpaired) electrons. The average molecular weight is 403 g/mol. The Morgan fingerprint density at radius 3 is 2.57 bits per heavy atom. The number of fused-ring (bicyclic) bond motifs is 1. The second-order valence-corrected chi connectivity index (χ2v) is 8.55. The number of rotatable bonds is 6. The van der Waals surface area contributed by atoms with E-state index < -0.39 is 22.6 Å². The lowest BCUT2D eigenvalue weighted by molar-refractivity contribution is 0.0474. The fourth-order valence-electron chi connectivity index (χ4n) is 3.33. The van der Waals surface area contributed by atoms with Crippen LogP contribution in [0.4, 0.5) is 5.69 Å². The fraction of sp³-hybridized carbons (Fsp3) is 0.300. The molecule has 0 amide bonds. The topological polar surface area (TPSA) is 90.0 Å². The number of sulfonamides is 1. The molecule has 1 atom stereocenters. The monoisotopic (exact) mass is 403 g/mol. The van der Waals surface area contributed by atoms with Gasteiger partial charge in [0.2, 0.25) is 10.0 Å². The van der Waals surface area contributed by atoms with Crippen molar-refractivity contribution < 1.29 is 27.5 Å². The van der Waals surface area contributed by atoms with E-state index in [0.29, 0.717) is 23.4 Å². The minimum atomic E-state index is -3.39. The molecule has 1 heterocycles. The summed E-state index contributed by atoms with van der Waals surface area (Å²) in [4.78, 5) is 24.6. The number of benzene rings is 2. The van der Waals surface area contributed by atoms with Crippen LogP contribution in [0.1, 0.15) is 33.2 Å². The number of methoxy groups -OCH3 is 1. The van der Waals surface area contributed by atoms with Crippen molar-refractivity contribution in [3.05, 3.63) is 59.2 Å². The van der Waals surface area contributed by atoms with Crippen molar-refractivity contribution in [1.29, 1.82) is 0 Å². The van der Waals surface area contributed by atoms with E-state index in [9.17, 15) is 18.0 Å². The molecule has 3 rings (SSSR count). The maximum absolute atomic E-state index is 12.3. The Kier molecular flexibility index (Phi) is 5.42. The molecular weight excluding hydrogens is 382 g/mol. The molecule has 0 bridgehead atoms. The van der Waals surface area contributed by atoms with E-state index in [1.807, 2.05) is 6.92 Å². The summed E-state index contributed by atoms with van der Waals surface area (Å²) in [6.45, 7) is 1.42. The summed E-state index contributed by atoms with van der Waals surface area (Å²) in [5.41, 5.74) is 1.99. The SMILES string of the molecule is COc1cccc(C(=O)COC(=O)c2ccc3c(c2)C[C@@H](C)N3S(C)(=O)=O)c1. The van der Waals surface area contributed by atoms with Gasteiger partial charge in [0, 0.05) is 11.6 Å². The van der Waals surface area contributed by atoms with Crippen LogP contribution in [0, 0.1) is 0 Å². The summed E-state index contributed by atoms with van der Waals surface area (Å²) in [7, 11) is -1.89. The van der Waals surface area contributed by atoms with Crippen LogP contribution in [0.2, 0.25) is 0 Å². The summed E-state index contributed by atoms with van der Waals surface area (Å²) < 4.78 is 35.5. The number of carbonyl (C=O) groups excluding carboxylic acids is 2. The van der Waals surface area contributed by atoms with Crippen molar-refractivity contribution in [3.8, 4) is 5.75 Å². The van der Waals surface area contributed by atoms with Crippen LogP contribution in [-0.2, 0) is 21.2 Å². The molecule has 0 saturated heterocycles. The van der Waals surface area contributed by atoms with Crippen molar-refractivity contribution in [1.82, 2.24) is 0 Å². The first-order valence-corrected chi connectivity index (χ1v) is 10.5. The third-order valence-electron chi connectivity index (χ3n) is 4.55. The van der Waals surface area contributed by atoms with Crippen LogP contribution in [0.15, 0.2) is 42.5 Å². The van der Waals surface area contributed by atoms with Gasteiger partial charge in [0.05, 0.1) is 24.6 Å². The van der Waals surface area contributed by atoms with Gasteiger partial charge in [0.15, 0.2) is 12.4 Å². The van der Waals surface area contributed by atoms with Crippen molar-refractivity contribution in [2.24, 2.45) is 0 Å². The maximum atomic E-state index is 12.3. The predicted molar refractivity (Wildman–Crippen MR) is 105 cm³/mol. The van der Waals surface area contributed by atoms with E-state index in [0.717, 1.165) is 11.8 Å². The Labute approximate surface area is 163 Å². The predicted octanol–water partition coefficient (Wildman–Crippen LogP) is 2.45. The molecule has 148 valence electrons. The lowest BCUT2D eigenvalue weighted by Crippen LogP contribution is -2.34. The minimum absolute atomic E-state index is 0.217. The molecular formula is C20H21NO6S. The summed E-state index contributed by atoms with van der Waals surface area (Å²) in [6, 6.07) is 11.1. The molecule has 7 nitrogen and oxygen atoms in total. The van der Waals surface area contributed by atoms with E-state index in [2.05, 4.69) is 0 Å². The van der Waals surface area contributed by atoms with Crippen LogP contribution in [0.3, 0.4) is 0 Å². The van der Waals surface area contributed by atoms with Gasteiger partial charge in [-0.15, -0.1) is 0 Å². The van der Waals surface area contributed by atoms with Crippen molar-refractivity contribution in [3.63, 3.8) is 0 Å². The summed E-state index contributed by atoms with van der Waals surface area (Å²) in [6.07, 6.45) is 1.66. The number of ketones is 1. The molecule has 0 unspecified atom stereocenters. The summed E-state index contributed by atoms with van der Waals surface area (Å²) >= 11 is 0. The zero-order chi connectivity index (χ0) is 20.5. The van der Waals surface area contributed by atoms with Crippen LogP contribution in [-0.4, -0.2) is 46.2 Å². The van der Waals surface area contributed by atoms with Crippen LogP contribution < -0.4 is 9.04 Å². The molecule has 2 aromatic rings. The number of nitrogens with zero attached hydrogens (tertiary/aromatic N) is 1. The zero-order valence-corrected chi connectivity index (χ0v) is 16.7. The van der Waals surface area contributed by atoms with Crippen LogP contribution >= 0.6 is 0 Å². The summed E-state index contributed by atoms with van der Waals surface area (Å²) in [5.74, 6) is -0.435. The zero-order valence-electron chi connectivity index (χ0n) is 15.8. The van der Waals surface area contributed by atoms with Gasteiger partial charge in [-0.2, -0.15) is 0 Å². The van der Waals surface area contributed by atoms with Gasteiger partial charge in [-0.25, -0.2) is 13.2 Å². The first-order chi connectivity index (χ1) is 13.2. The average Bonchev–Trinajstić information content (AvgIpc) is 3.00. The third kappa shape index (κ3) is 4.01. The lowest BCUT2D eigenvalue weighted by Gasteiger charge is -2.21. The van der Waals surface area contributed by atoms with E-state index in [1.165, 1.54) is 17.5 Å². The van der Waals surface area contributed by atoms with Gasteiger partial charge in [-0.3, -0.25) is 9.10 Å². The Bertz CT molecular complexity index is 1030. The molecule has 0 N–H and O–H groups in total. The number of hydrogen-bond acceptors (Lipinski definition) is 6. The quantitative estimate of drug-likeness (QED) is 0.544. The second-order valence-electron chi connectivity index (χ2n) is 6.69. The molecule has 2 aromatic carbocycles. The third-order valence-corrected chi connectivity index (χ3v) is 5.82. The lowest BCUT2D eigenvalue weighted by atomic mass is 10.1. The highest BCUT2D eigenvalue weighted by atomic mass is 32.2. The smallest absolute Gasteiger partial charge is 0.338 e. The van der Waals surface area contributed by atoms with Crippen molar-refractivity contribution in [2.75, 3.05) is 24.3 Å². The van der Waals surface area contributed by atoms with E-state index in [4.69, 9.17) is 9.47 Å². The first kappa shape index (κ1) is 19.9.